The molecule has 5 rings (SSSR count). The van der Waals surface area contributed by atoms with Crippen molar-refractivity contribution < 1.29 is 22.7 Å². The lowest BCUT2D eigenvalue weighted by Crippen LogP contribution is -2.48. The van der Waals surface area contributed by atoms with Gasteiger partial charge in [0.05, 0.1) is 4.90 Å². The molecule has 3 heterocycles. The summed E-state index contributed by atoms with van der Waals surface area (Å²) in [5.74, 6) is 1.54. The van der Waals surface area contributed by atoms with Gasteiger partial charge in [0.1, 0.15) is 5.69 Å². The van der Waals surface area contributed by atoms with Crippen molar-refractivity contribution in [1.29, 1.82) is 0 Å². The molecule has 0 radical (unpaired) electrons. The number of nitrogens with zero attached hydrogens (tertiary/aromatic N) is 4. The van der Waals surface area contributed by atoms with Crippen LogP contribution in [0.3, 0.4) is 0 Å². The molecule has 1 saturated heterocycles. The van der Waals surface area contributed by atoms with Crippen LogP contribution in [0.25, 0.3) is 10.9 Å². The Bertz CT molecular complexity index is 1370. The second-order valence-electron chi connectivity index (χ2n) is 9.04. The molecule has 186 valence electrons. The molecular formula is C25H30N4O5S. The van der Waals surface area contributed by atoms with Crippen LogP contribution in [0.4, 0.5) is 0 Å². The van der Waals surface area contributed by atoms with Crippen molar-refractivity contribution in [1.82, 2.24) is 18.7 Å². The first-order valence-electron chi connectivity index (χ1n) is 11.7. The average molecular weight is 499 g/mol. The normalized spacial score (nSPS) is 16.4. The highest BCUT2D eigenvalue weighted by atomic mass is 32.2. The molecule has 2 aliphatic heterocycles. The maximum absolute atomic E-state index is 13.5. The van der Waals surface area contributed by atoms with Crippen molar-refractivity contribution >= 4 is 26.8 Å². The van der Waals surface area contributed by atoms with E-state index < -0.39 is 10.0 Å². The minimum atomic E-state index is -3.55. The predicted molar refractivity (Wildman–Crippen MR) is 132 cm³/mol. The van der Waals surface area contributed by atoms with Crippen LogP contribution >= 0.6 is 0 Å². The van der Waals surface area contributed by atoms with Gasteiger partial charge >= 0.3 is 0 Å². The quantitative estimate of drug-likeness (QED) is 0.520. The van der Waals surface area contributed by atoms with E-state index in [0.29, 0.717) is 25.3 Å². The van der Waals surface area contributed by atoms with E-state index in [4.69, 9.17) is 9.47 Å². The van der Waals surface area contributed by atoms with Crippen LogP contribution < -0.4 is 9.47 Å². The predicted octanol–water partition coefficient (Wildman–Crippen LogP) is 2.60. The highest BCUT2D eigenvalue weighted by Crippen LogP contribution is 2.33. The number of fused-ring (bicyclic) bond motifs is 2. The van der Waals surface area contributed by atoms with Gasteiger partial charge in [0.15, 0.2) is 11.5 Å². The number of benzene rings is 2. The molecule has 35 heavy (non-hydrogen) atoms. The van der Waals surface area contributed by atoms with Gasteiger partial charge in [-0.25, -0.2) is 12.7 Å². The lowest BCUT2D eigenvalue weighted by Gasteiger charge is -2.35. The zero-order valence-electron chi connectivity index (χ0n) is 20.2. The highest BCUT2D eigenvalue weighted by molar-refractivity contribution is 7.89. The number of piperazine rings is 1. The van der Waals surface area contributed by atoms with Gasteiger partial charge in [0.2, 0.25) is 16.8 Å². The molecule has 0 atom stereocenters. The van der Waals surface area contributed by atoms with E-state index in [0.717, 1.165) is 47.6 Å². The summed E-state index contributed by atoms with van der Waals surface area (Å²) >= 11 is 0. The van der Waals surface area contributed by atoms with Crippen molar-refractivity contribution in [2.45, 2.75) is 24.9 Å². The molecule has 0 aliphatic carbocycles. The molecule has 0 bridgehead atoms. The monoisotopic (exact) mass is 498 g/mol. The standard InChI is InChI=1S/C25H30N4O5S/c1-4-29-21-7-6-20(35(31,32)26(2)3)14-19(21)15-22(29)25(30)28-11-9-27(10-12-28)16-18-5-8-23-24(13-18)34-17-33-23/h5-8,13-15H,4,9-12,16-17H2,1-3H3. The van der Waals surface area contributed by atoms with E-state index in [1.165, 1.54) is 18.4 Å². The largest absolute Gasteiger partial charge is 0.454 e. The number of hydrogen-bond acceptors (Lipinski definition) is 6. The topological polar surface area (TPSA) is 84.3 Å². The fourth-order valence-corrected chi connectivity index (χ4v) is 5.64. The van der Waals surface area contributed by atoms with E-state index >= 15 is 0 Å². The van der Waals surface area contributed by atoms with Crippen LogP contribution in [0.1, 0.15) is 23.0 Å². The molecule has 1 aromatic heterocycles. The van der Waals surface area contributed by atoms with Gasteiger partial charge in [-0.1, -0.05) is 6.07 Å². The number of carbonyl (C=O) groups is 1. The number of sulfonamides is 1. The number of amides is 1. The summed E-state index contributed by atoms with van der Waals surface area (Å²) in [5, 5.41) is 0.750. The molecule has 9 nitrogen and oxygen atoms in total. The Morgan fingerprint density at radius 3 is 2.43 bits per heavy atom. The maximum atomic E-state index is 13.5. The van der Waals surface area contributed by atoms with Crippen LogP contribution in [-0.2, 0) is 23.1 Å². The Morgan fingerprint density at radius 1 is 0.971 bits per heavy atom. The maximum Gasteiger partial charge on any atom is 0.270 e. The summed E-state index contributed by atoms with van der Waals surface area (Å²) in [5.41, 5.74) is 2.60. The Morgan fingerprint density at radius 2 is 1.71 bits per heavy atom. The molecule has 10 heteroatoms. The Balaban J connectivity index is 1.30. The minimum Gasteiger partial charge on any atom is -0.454 e. The Hall–Kier alpha value is -3.08. The van der Waals surface area contributed by atoms with Crippen LogP contribution in [-0.4, -0.2) is 80.1 Å². The van der Waals surface area contributed by atoms with Gasteiger partial charge in [-0.3, -0.25) is 9.69 Å². The van der Waals surface area contributed by atoms with Gasteiger partial charge in [0, 0.05) is 64.3 Å². The van der Waals surface area contributed by atoms with E-state index in [-0.39, 0.29) is 17.6 Å². The van der Waals surface area contributed by atoms with Gasteiger partial charge in [-0.15, -0.1) is 0 Å². The van der Waals surface area contributed by atoms with E-state index in [1.54, 1.807) is 18.2 Å². The third-order valence-corrected chi connectivity index (χ3v) is 8.50. The lowest BCUT2D eigenvalue weighted by molar-refractivity contribution is 0.0618. The summed E-state index contributed by atoms with van der Waals surface area (Å²) in [6.45, 7) is 6.48. The first-order chi connectivity index (χ1) is 16.8. The summed E-state index contributed by atoms with van der Waals surface area (Å²) in [4.78, 5) is 17.9. The van der Waals surface area contributed by atoms with Crippen molar-refractivity contribution in [3.63, 3.8) is 0 Å². The number of rotatable bonds is 6. The third-order valence-electron chi connectivity index (χ3n) is 6.69. The minimum absolute atomic E-state index is 0.0252. The molecule has 0 N–H and O–H groups in total. The SMILES string of the molecule is CCn1c(C(=O)N2CCN(Cc3ccc4c(c3)OCO4)CC2)cc2cc(S(=O)(=O)N(C)C)ccc21. The van der Waals surface area contributed by atoms with Crippen LogP contribution in [0.2, 0.25) is 0 Å². The highest BCUT2D eigenvalue weighted by Gasteiger charge is 2.26. The molecule has 3 aromatic rings. The smallest absolute Gasteiger partial charge is 0.270 e. The summed E-state index contributed by atoms with van der Waals surface area (Å²) in [6.07, 6.45) is 0. The number of aromatic nitrogens is 1. The number of hydrogen-bond donors (Lipinski definition) is 0. The molecule has 0 spiro atoms. The van der Waals surface area contributed by atoms with E-state index in [9.17, 15) is 13.2 Å². The molecular weight excluding hydrogens is 468 g/mol. The molecule has 2 aromatic carbocycles. The van der Waals surface area contributed by atoms with Crippen molar-refractivity contribution in [3.8, 4) is 11.5 Å². The first-order valence-corrected chi connectivity index (χ1v) is 13.2. The van der Waals surface area contributed by atoms with Crippen LogP contribution in [0.15, 0.2) is 47.4 Å². The second-order valence-corrected chi connectivity index (χ2v) is 11.2. The molecule has 2 aliphatic rings. The first kappa shape index (κ1) is 23.7. The zero-order valence-corrected chi connectivity index (χ0v) is 21.0. The lowest BCUT2D eigenvalue weighted by atomic mass is 10.1. The van der Waals surface area contributed by atoms with E-state index in [1.807, 2.05) is 34.6 Å². The fraction of sp³-hybridized carbons (Fsp3) is 0.400. The average Bonchev–Trinajstić information content (AvgIpc) is 3.47. The third kappa shape index (κ3) is 4.37. The number of ether oxygens (including phenoxy) is 2. The zero-order chi connectivity index (χ0) is 24.7. The van der Waals surface area contributed by atoms with Gasteiger partial charge in [-0.05, 0) is 48.9 Å². The summed E-state index contributed by atoms with van der Waals surface area (Å²) < 4.78 is 39.1. The Labute approximate surface area is 205 Å². The summed E-state index contributed by atoms with van der Waals surface area (Å²) in [6, 6.07) is 12.9. The molecule has 0 unspecified atom stereocenters. The Kier molecular flexibility index (Phi) is 6.20. The number of aryl methyl sites for hydroxylation is 1. The van der Waals surface area contributed by atoms with Gasteiger partial charge < -0.3 is 18.9 Å². The fourth-order valence-electron chi connectivity index (χ4n) is 4.71. The summed E-state index contributed by atoms with van der Waals surface area (Å²) in [7, 11) is -0.523. The van der Waals surface area contributed by atoms with Crippen molar-refractivity contribution in [3.05, 3.63) is 53.7 Å². The molecule has 0 saturated carbocycles. The van der Waals surface area contributed by atoms with Crippen LogP contribution in [0, 0.1) is 0 Å². The van der Waals surface area contributed by atoms with Gasteiger partial charge in [0.25, 0.3) is 5.91 Å². The van der Waals surface area contributed by atoms with E-state index in [2.05, 4.69) is 11.0 Å². The van der Waals surface area contributed by atoms with Crippen LogP contribution in [0.5, 0.6) is 11.5 Å². The van der Waals surface area contributed by atoms with Crippen molar-refractivity contribution in [2.75, 3.05) is 47.1 Å². The number of carbonyl (C=O) groups excluding carboxylic acids is 1. The second kappa shape index (κ2) is 9.18. The molecule has 1 amide bonds. The van der Waals surface area contributed by atoms with Gasteiger partial charge in [-0.2, -0.15) is 0 Å². The molecule has 1 fully saturated rings. The van der Waals surface area contributed by atoms with Crippen molar-refractivity contribution in [2.24, 2.45) is 0 Å².